The van der Waals surface area contributed by atoms with Crippen molar-refractivity contribution < 1.29 is 13.2 Å². The van der Waals surface area contributed by atoms with Crippen molar-refractivity contribution in [3.63, 3.8) is 0 Å². The van der Waals surface area contributed by atoms with Crippen LogP contribution >= 0.6 is 0 Å². The van der Waals surface area contributed by atoms with Crippen molar-refractivity contribution in [3.8, 4) is 5.75 Å². The van der Waals surface area contributed by atoms with E-state index < -0.39 is 10.2 Å². The number of benzene rings is 2. The average molecular weight is 428 g/mol. The van der Waals surface area contributed by atoms with E-state index in [0.717, 1.165) is 40.6 Å². The highest BCUT2D eigenvalue weighted by Gasteiger charge is 2.28. The van der Waals surface area contributed by atoms with E-state index in [4.69, 9.17) is 4.74 Å². The highest BCUT2D eigenvalue weighted by Crippen LogP contribution is 2.31. The molecule has 0 radical (unpaired) electrons. The Bertz CT molecular complexity index is 1080. The number of methoxy groups -OCH3 is 1. The lowest BCUT2D eigenvalue weighted by atomic mass is 9.91. The third kappa shape index (κ3) is 4.38. The van der Waals surface area contributed by atoms with Gasteiger partial charge < -0.3 is 9.72 Å². The quantitative estimate of drug-likeness (QED) is 0.601. The number of nitrogens with zero attached hydrogens (tertiary/aromatic N) is 1. The third-order valence-corrected chi connectivity index (χ3v) is 7.64. The van der Waals surface area contributed by atoms with Crippen LogP contribution < -0.4 is 9.46 Å². The van der Waals surface area contributed by atoms with Crippen LogP contribution in [0.15, 0.2) is 54.7 Å². The first-order valence-corrected chi connectivity index (χ1v) is 11.9. The summed E-state index contributed by atoms with van der Waals surface area (Å²) >= 11 is 0. The number of aromatic amines is 1. The summed E-state index contributed by atoms with van der Waals surface area (Å²) in [7, 11) is -1.88. The van der Waals surface area contributed by atoms with Crippen molar-refractivity contribution in [2.24, 2.45) is 5.92 Å². The van der Waals surface area contributed by atoms with E-state index in [0.29, 0.717) is 25.6 Å². The first-order valence-electron chi connectivity index (χ1n) is 10.4. The maximum absolute atomic E-state index is 12.9. The number of nitrogens with one attached hydrogen (secondary N) is 2. The molecular weight excluding hydrogens is 398 g/mol. The van der Waals surface area contributed by atoms with Gasteiger partial charge in [0, 0.05) is 42.7 Å². The van der Waals surface area contributed by atoms with Crippen LogP contribution in [0.3, 0.4) is 0 Å². The van der Waals surface area contributed by atoms with Gasteiger partial charge in [0.1, 0.15) is 5.75 Å². The lowest BCUT2D eigenvalue weighted by Crippen LogP contribution is -2.45. The number of ether oxygens (including phenoxy) is 1. The highest BCUT2D eigenvalue weighted by molar-refractivity contribution is 7.87. The van der Waals surface area contributed by atoms with Crippen LogP contribution in [0.4, 0.5) is 0 Å². The van der Waals surface area contributed by atoms with Gasteiger partial charge in [-0.1, -0.05) is 37.3 Å². The van der Waals surface area contributed by atoms with E-state index in [2.05, 4.69) is 22.7 Å². The Kier molecular flexibility index (Phi) is 6.13. The summed E-state index contributed by atoms with van der Waals surface area (Å²) in [6.07, 6.45) is 3.80. The molecule has 1 atom stereocenters. The molecule has 1 aromatic heterocycles. The van der Waals surface area contributed by atoms with E-state index in [1.54, 1.807) is 11.4 Å². The Morgan fingerprint density at radius 2 is 1.83 bits per heavy atom. The van der Waals surface area contributed by atoms with Gasteiger partial charge >= 0.3 is 0 Å². The van der Waals surface area contributed by atoms with Gasteiger partial charge in [-0.3, -0.25) is 0 Å². The zero-order chi connectivity index (χ0) is 21.1. The molecule has 1 unspecified atom stereocenters. The van der Waals surface area contributed by atoms with Crippen LogP contribution in [0.25, 0.3) is 10.9 Å². The molecule has 30 heavy (non-hydrogen) atoms. The van der Waals surface area contributed by atoms with Gasteiger partial charge in [0.15, 0.2) is 0 Å². The van der Waals surface area contributed by atoms with E-state index in [9.17, 15) is 8.42 Å². The number of H-pyrrole nitrogens is 1. The van der Waals surface area contributed by atoms with Gasteiger partial charge in [-0.05, 0) is 48.1 Å². The van der Waals surface area contributed by atoms with E-state index in [-0.39, 0.29) is 5.92 Å². The second-order valence-corrected chi connectivity index (χ2v) is 9.81. The first-order chi connectivity index (χ1) is 14.5. The third-order valence-electron chi connectivity index (χ3n) is 6.07. The number of aromatic nitrogens is 1. The van der Waals surface area contributed by atoms with Crippen LogP contribution in [0.1, 0.15) is 36.8 Å². The highest BCUT2D eigenvalue weighted by atomic mass is 32.2. The standard InChI is InChI=1S/C23H29N3O3S/c1-17-11-13-26(14-12-17)30(27,28)25-16-21(18-7-9-19(29-2)10-8-18)22-15-24-23-6-4-3-5-20(22)23/h3-10,15,17,21,24-25H,11-14,16H2,1-2H3. The number of piperidine rings is 1. The minimum absolute atomic E-state index is 0.120. The number of hydrogen-bond donors (Lipinski definition) is 2. The van der Waals surface area contributed by atoms with Crippen LogP contribution in [0.5, 0.6) is 5.75 Å². The molecule has 1 aliphatic rings. The number of fused-ring (bicyclic) bond motifs is 1. The van der Waals surface area contributed by atoms with Crippen LogP contribution in [0, 0.1) is 5.92 Å². The molecule has 0 spiro atoms. The van der Waals surface area contributed by atoms with Gasteiger partial charge in [0.2, 0.25) is 0 Å². The van der Waals surface area contributed by atoms with Crippen molar-refractivity contribution in [2.45, 2.75) is 25.7 Å². The van der Waals surface area contributed by atoms with Crippen molar-refractivity contribution in [1.82, 2.24) is 14.0 Å². The van der Waals surface area contributed by atoms with Gasteiger partial charge in [0.25, 0.3) is 10.2 Å². The topological polar surface area (TPSA) is 74.4 Å². The Balaban J connectivity index is 1.62. The van der Waals surface area contributed by atoms with Crippen molar-refractivity contribution in [2.75, 3.05) is 26.7 Å². The van der Waals surface area contributed by atoms with E-state index >= 15 is 0 Å². The number of para-hydroxylation sites is 1. The molecule has 2 heterocycles. The normalized spacial score (nSPS) is 17.3. The molecule has 0 amide bonds. The van der Waals surface area contributed by atoms with E-state index in [1.165, 1.54) is 0 Å². The second-order valence-electron chi connectivity index (χ2n) is 8.05. The molecule has 0 saturated carbocycles. The lowest BCUT2D eigenvalue weighted by molar-refractivity contribution is 0.285. The number of rotatable bonds is 7. The fourth-order valence-corrected chi connectivity index (χ4v) is 5.38. The minimum Gasteiger partial charge on any atom is -0.497 e. The Morgan fingerprint density at radius 3 is 2.53 bits per heavy atom. The molecule has 0 bridgehead atoms. The predicted molar refractivity (Wildman–Crippen MR) is 120 cm³/mol. The SMILES string of the molecule is COc1ccc(C(CNS(=O)(=O)N2CCC(C)CC2)c2c[nH]c3ccccc23)cc1. The minimum atomic E-state index is -3.52. The summed E-state index contributed by atoms with van der Waals surface area (Å²) in [5.41, 5.74) is 3.15. The van der Waals surface area contributed by atoms with Crippen LogP contribution in [-0.4, -0.2) is 44.5 Å². The molecule has 160 valence electrons. The average Bonchev–Trinajstić information content (AvgIpc) is 3.19. The van der Waals surface area contributed by atoms with Crippen LogP contribution in [-0.2, 0) is 10.2 Å². The van der Waals surface area contributed by atoms with E-state index in [1.807, 2.05) is 48.7 Å². The summed E-state index contributed by atoms with van der Waals surface area (Å²) in [6.45, 7) is 3.63. The Hall–Kier alpha value is -2.35. The maximum Gasteiger partial charge on any atom is 0.279 e. The summed E-state index contributed by atoms with van der Waals surface area (Å²) in [6, 6.07) is 15.9. The second kappa shape index (κ2) is 8.79. The fourth-order valence-electron chi connectivity index (χ4n) is 4.13. The van der Waals surface area contributed by atoms with Gasteiger partial charge in [0.05, 0.1) is 7.11 Å². The molecule has 1 fully saturated rings. The zero-order valence-electron chi connectivity index (χ0n) is 17.5. The maximum atomic E-state index is 12.9. The zero-order valence-corrected chi connectivity index (χ0v) is 18.3. The van der Waals surface area contributed by atoms with Gasteiger partial charge in [-0.2, -0.15) is 12.7 Å². The predicted octanol–water partition coefficient (Wildman–Crippen LogP) is 3.87. The Labute approximate surface area is 178 Å². The summed E-state index contributed by atoms with van der Waals surface area (Å²) in [5, 5.41) is 1.10. The smallest absolute Gasteiger partial charge is 0.279 e. The monoisotopic (exact) mass is 427 g/mol. The summed E-state index contributed by atoms with van der Waals surface area (Å²) in [4.78, 5) is 3.31. The van der Waals surface area contributed by atoms with Crippen LogP contribution in [0.2, 0.25) is 0 Å². The molecule has 4 rings (SSSR count). The molecule has 1 aliphatic heterocycles. The molecule has 2 N–H and O–H groups in total. The molecule has 0 aliphatic carbocycles. The van der Waals surface area contributed by atoms with Gasteiger partial charge in [-0.15, -0.1) is 0 Å². The molecule has 1 saturated heterocycles. The number of hydrogen-bond acceptors (Lipinski definition) is 3. The molecule has 2 aromatic carbocycles. The largest absolute Gasteiger partial charge is 0.497 e. The first kappa shape index (κ1) is 20.9. The van der Waals surface area contributed by atoms with Crippen molar-refractivity contribution in [1.29, 1.82) is 0 Å². The fraction of sp³-hybridized carbons (Fsp3) is 0.391. The lowest BCUT2D eigenvalue weighted by Gasteiger charge is -2.30. The summed E-state index contributed by atoms with van der Waals surface area (Å²) in [5.74, 6) is 1.24. The molecule has 3 aromatic rings. The molecular formula is C23H29N3O3S. The van der Waals surface area contributed by atoms with Crippen molar-refractivity contribution in [3.05, 3.63) is 65.9 Å². The molecule has 6 nitrogen and oxygen atoms in total. The van der Waals surface area contributed by atoms with Gasteiger partial charge in [-0.25, -0.2) is 4.72 Å². The van der Waals surface area contributed by atoms with Crippen molar-refractivity contribution >= 4 is 21.1 Å². The summed E-state index contributed by atoms with van der Waals surface area (Å²) < 4.78 is 35.6. The Morgan fingerprint density at radius 1 is 1.13 bits per heavy atom. The molecule has 7 heteroatoms.